The van der Waals surface area contributed by atoms with Crippen molar-refractivity contribution in [2.75, 3.05) is 13.7 Å². The molecule has 1 amide bonds. The van der Waals surface area contributed by atoms with Crippen molar-refractivity contribution in [3.63, 3.8) is 0 Å². The minimum absolute atomic E-state index is 0. The maximum Gasteiger partial charge on any atom is 0.240 e. The number of hydrogen-bond acceptors (Lipinski definition) is 3. The molecule has 1 aliphatic rings. The van der Waals surface area contributed by atoms with E-state index in [0.29, 0.717) is 6.61 Å². The van der Waals surface area contributed by atoms with Crippen molar-refractivity contribution in [2.24, 2.45) is 5.73 Å². The lowest BCUT2D eigenvalue weighted by Crippen LogP contribution is -2.56. The van der Waals surface area contributed by atoms with Gasteiger partial charge in [0.1, 0.15) is 0 Å². The molecule has 0 aromatic carbocycles. The van der Waals surface area contributed by atoms with Crippen LogP contribution in [-0.4, -0.2) is 31.2 Å². The van der Waals surface area contributed by atoms with Gasteiger partial charge in [0.05, 0.1) is 5.54 Å². The van der Waals surface area contributed by atoms with Crippen molar-refractivity contribution < 1.29 is 9.53 Å². The zero-order valence-electron chi connectivity index (χ0n) is 10.8. The normalized spacial score (nSPS) is 20.2. The maximum absolute atomic E-state index is 12.0. The van der Waals surface area contributed by atoms with E-state index in [0.717, 1.165) is 32.1 Å². The number of rotatable bonds is 5. The lowest BCUT2D eigenvalue weighted by Gasteiger charge is -2.33. The van der Waals surface area contributed by atoms with E-state index in [9.17, 15) is 4.79 Å². The summed E-state index contributed by atoms with van der Waals surface area (Å²) in [6.45, 7) is 2.65. The molecule has 0 aromatic rings. The molecule has 0 aromatic heterocycles. The van der Waals surface area contributed by atoms with Crippen LogP contribution < -0.4 is 11.1 Å². The van der Waals surface area contributed by atoms with Gasteiger partial charge in [-0.1, -0.05) is 19.3 Å². The van der Waals surface area contributed by atoms with Crippen LogP contribution in [0.25, 0.3) is 0 Å². The molecule has 0 radical (unpaired) electrons. The van der Waals surface area contributed by atoms with Crippen molar-refractivity contribution in [1.29, 1.82) is 0 Å². The summed E-state index contributed by atoms with van der Waals surface area (Å²) in [5.41, 5.74) is 5.51. The SMILES string of the molecule is COCCC(C)NC(=O)C1(N)CCCCC1.Cl. The number of nitrogens with one attached hydrogen (secondary N) is 1. The molecule has 102 valence electrons. The Balaban J connectivity index is 0.00000256. The van der Waals surface area contributed by atoms with Crippen molar-refractivity contribution in [1.82, 2.24) is 5.32 Å². The van der Waals surface area contributed by atoms with E-state index in [2.05, 4.69) is 5.32 Å². The van der Waals surface area contributed by atoms with Crippen molar-refractivity contribution in [3.05, 3.63) is 0 Å². The Labute approximate surface area is 110 Å². The van der Waals surface area contributed by atoms with Crippen LogP contribution in [0.3, 0.4) is 0 Å². The predicted octanol–water partition coefficient (Wildman–Crippen LogP) is 1.61. The molecule has 1 aliphatic carbocycles. The smallest absolute Gasteiger partial charge is 0.240 e. The molecular weight excluding hydrogens is 240 g/mol. The largest absolute Gasteiger partial charge is 0.385 e. The lowest BCUT2D eigenvalue weighted by atomic mass is 9.82. The number of halogens is 1. The molecule has 1 fully saturated rings. The summed E-state index contributed by atoms with van der Waals surface area (Å²) >= 11 is 0. The van der Waals surface area contributed by atoms with E-state index in [1.165, 1.54) is 6.42 Å². The number of amides is 1. The summed E-state index contributed by atoms with van der Waals surface area (Å²) < 4.78 is 4.98. The van der Waals surface area contributed by atoms with Crippen LogP contribution in [0.2, 0.25) is 0 Å². The predicted molar refractivity (Wildman–Crippen MR) is 71.3 cm³/mol. The zero-order chi connectivity index (χ0) is 12.0. The first-order chi connectivity index (χ1) is 7.58. The van der Waals surface area contributed by atoms with Gasteiger partial charge >= 0.3 is 0 Å². The van der Waals surface area contributed by atoms with Gasteiger partial charge in [0, 0.05) is 19.8 Å². The van der Waals surface area contributed by atoms with Crippen molar-refractivity contribution in [2.45, 2.75) is 57.0 Å². The van der Waals surface area contributed by atoms with Crippen LogP contribution in [0, 0.1) is 0 Å². The number of nitrogens with two attached hydrogens (primary N) is 1. The van der Waals surface area contributed by atoms with Gasteiger partial charge < -0.3 is 15.8 Å². The molecule has 0 spiro atoms. The Kier molecular flexibility index (Phi) is 7.75. The third-order valence-corrected chi connectivity index (χ3v) is 3.33. The van der Waals surface area contributed by atoms with Gasteiger partial charge in [0.2, 0.25) is 5.91 Å². The lowest BCUT2D eigenvalue weighted by molar-refractivity contribution is -0.128. The van der Waals surface area contributed by atoms with Crippen molar-refractivity contribution in [3.8, 4) is 0 Å². The highest BCUT2D eigenvalue weighted by atomic mass is 35.5. The number of carbonyl (C=O) groups is 1. The van der Waals surface area contributed by atoms with E-state index in [-0.39, 0.29) is 24.4 Å². The molecular formula is C12H25ClN2O2. The molecule has 1 rings (SSSR count). The number of hydrogen-bond donors (Lipinski definition) is 2. The van der Waals surface area contributed by atoms with Crippen LogP contribution in [0.4, 0.5) is 0 Å². The standard InChI is InChI=1S/C12H24N2O2.ClH/c1-10(6-9-16-2)14-11(15)12(13)7-4-3-5-8-12;/h10H,3-9,13H2,1-2H3,(H,14,15);1H. The number of ether oxygens (including phenoxy) is 1. The van der Waals surface area contributed by atoms with E-state index in [4.69, 9.17) is 10.5 Å². The number of carbonyl (C=O) groups excluding carboxylic acids is 1. The van der Waals surface area contributed by atoms with Crippen LogP contribution in [-0.2, 0) is 9.53 Å². The molecule has 0 aliphatic heterocycles. The Morgan fingerprint density at radius 2 is 2.00 bits per heavy atom. The quantitative estimate of drug-likeness (QED) is 0.793. The summed E-state index contributed by atoms with van der Waals surface area (Å²) in [6.07, 6.45) is 5.79. The second kappa shape index (κ2) is 7.90. The molecule has 3 N–H and O–H groups in total. The van der Waals surface area contributed by atoms with Gasteiger partial charge in [-0.3, -0.25) is 4.79 Å². The Bertz CT molecular complexity index is 231. The fraction of sp³-hybridized carbons (Fsp3) is 0.917. The molecule has 0 bridgehead atoms. The minimum atomic E-state index is -0.625. The Hall–Kier alpha value is -0.320. The van der Waals surface area contributed by atoms with E-state index < -0.39 is 5.54 Å². The third kappa shape index (κ3) is 5.23. The van der Waals surface area contributed by atoms with Crippen LogP contribution >= 0.6 is 12.4 Å². The maximum atomic E-state index is 12.0. The van der Waals surface area contributed by atoms with E-state index in [1.807, 2.05) is 6.92 Å². The van der Waals surface area contributed by atoms with Gasteiger partial charge in [-0.15, -0.1) is 12.4 Å². The second-order valence-corrected chi connectivity index (χ2v) is 4.87. The average molecular weight is 265 g/mol. The fourth-order valence-electron chi connectivity index (χ4n) is 2.14. The summed E-state index contributed by atoms with van der Waals surface area (Å²) in [7, 11) is 1.67. The van der Waals surface area contributed by atoms with E-state index in [1.54, 1.807) is 7.11 Å². The second-order valence-electron chi connectivity index (χ2n) is 4.87. The summed E-state index contributed by atoms with van der Waals surface area (Å²) in [5.74, 6) is 0.0100. The molecule has 4 nitrogen and oxygen atoms in total. The van der Waals surface area contributed by atoms with Crippen LogP contribution in [0.15, 0.2) is 0 Å². The summed E-state index contributed by atoms with van der Waals surface area (Å²) in [4.78, 5) is 12.0. The van der Waals surface area contributed by atoms with Gasteiger partial charge in [-0.2, -0.15) is 0 Å². The fourth-order valence-corrected chi connectivity index (χ4v) is 2.14. The van der Waals surface area contributed by atoms with Crippen LogP contribution in [0.1, 0.15) is 45.4 Å². The van der Waals surface area contributed by atoms with Gasteiger partial charge in [-0.25, -0.2) is 0 Å². The van der Waals surface area contributed by atoms with Gasteiger partial charge in [0.25, 0.3) is 0 Å². The first-order valence-corrected chi connectivity index (χ1v) is 6.17. The molecule has 17 heavy (non-hydrogen) atoms. The Morgan fingerprint density at radius 1 is 1.41 bits per heavy atom. The molecule has 1 atom stereocenters. The topological polar surface area (TPSA) is 64.3 Å². The zero-order valence-corrected chi connectivity index (χ0v) is 11.6. The molecule has 1 saturated carbocycles. The van der Waals surface area contributed by atoms with Gasteiger partial charge in [0.15, 0.2) is 0 Å². The highest BCUT2D eigenvalue weighted by Crippen LogP contribution is 2.26. The minimum Gasteiger partial charge on any atom is -0.385 e. The summed E-state index contributed by atoms with van der Waals surface area (Å²) in [6, 6.07) is 0.134. The molecule has 0 heterocycles. The third-order valence-electron chi connectivity index (χ3n) is 3.33. The first kappa shape index (κ1) is 16.7. The van der Waals surface area contributed by atoms with Crippen molar-refractivity contribution >= 4 is 18.3 Å². The highest BCUT2D eigenvalue weighted by Gasteiger charge is 2.35. The molecule has 0 saturated heterocycles. The molecule has 1 unspecified atom stereocenters. The first-order valence-electron chi connectivity index (χ1n) is 6.17. The van der Waals surface area contributed by atoms with Crippen LogP contribution in [0.5, 0.6) is 0 Å². The summed E-state index contributed by atoms with van der Waals surface area (Å²) in [5, 5.41) is 2.98. The van der Waals surface area contributed by atoms with Gasteiger partial charge in [-0.05, 0) is 26.2 Å². The molecule has 5 heteroatoms. The highest BCUT2D eigenvalue weighted by molar-refractivity contribution is 5.86. The Morgan fingerprint density at radius 3 is 2.53 bits per heavy atom. The average Bonchev–Trinajstić information content (AvgIpc) is 2.27. The monoisotopic (exact) mass is 264 g/mol. The number of methoxy groups -OCH3 is 1. The van der Waals surface area contributed by atoms with E-state index >= 15 is 0 Å².